The van der Waals surface area contributed by atoms with E-state index in [2.05, 4.69) is 4.98 Å². The molecule has 0 fully saturated rings. The highest BCUT2D eigenvalue weighted by atomic mass is 16.4. The van der Waals surface area contributed by atoms with E-state index in [1.54, 1.807) is 18.2 Å². The molecule has 1 aromatic carbocycles. The molecule has 104 valence electrons. The Kier molecular flexibility index (Phi) is 2.79. The van der Waals surface area contributed by atoms with Crippen molar-refractivity contribution in [1.82, 2.24) is 4.98 Å². The lowest BCUT2D eigenvalue weighted by atomic mass is 10.1. The molecule has 0 saturated heterocycles. The van der Waals surface area contributed by atoms with Crippen LogP contribution < -0.4 is 4.90 Å². The van der Waals surface area contributed by atoms with Gasteiger partial charge in [0.2, 0.25) is 0 Å². The predicted octanol–water partition coefficient (Wildman–Crippen LogP) is 1.89. The Balaban J connectivity index is 2.03. The van der Waals surface area contributed by atoms with E-state index >= 15 is 0 Å². The summed E-state index contributed by atoms with van der Waals surface area (Å²) in [4.78, 5) is 40.1. The average Bonchev–Trinajstić information content (AvgIpc) is 2.70. The van der Waals surface area contributed by atoms with Crippen molar-refractivity contribution in [3.05, 3.63) is 58.9 Å². The summed E-state index contributed by atoms with van der Waals surface area (Å²) in [5.74, 6) is -2.03. The van der Waals surface area contributed by atoms with Crippen LogP contribution in [0.3, 0.4) is 0 Å². The van der Waals surface area contributed by atoms with Gasteiger partial charge in [0.1, 0.15) is 5.69 Å². The Morgan fingerprint density at radius 2 is 1.81 bits per heavy atom. The number of amides is 2. The lowest BCUT2D eigenvalue weighted by Crippen LogP contribution is -2.29. The molecule has 0 unspecified atom stereocenters. The van der Waals surface area contributed by atoms with Crippen LogP contribution in [0.1, 0.15) is 36.8 Å². The normalized spacial score (nSPS) is 13.5. The van der Waals surface area contributed by atoms with Crippen molar-refractivity contribution in [2.45, 2.75) is 6.92 Å². The zero-order valence-electron chi connectivity index (χ0n) is 11.0. The Hall–Kier alpha value is -3.02. The van der Waals surface area contributed by atoms with E-state index < -0.39 is 17.8 Å². The molecule has 2 heterocycles. The maximum Gasteiger partial charge on any atom is 0.354 e. The molecule has 0 aliphatic carbocycles. The highest BCUT2D eigenvalue weighted by molar-refractivity contribution is 6.34. The number of benzene rings is 1. The number of fused-ring (bicyclic) bond motifs is 1. The third-order valence-electron chi connectivity index (χ3n) is 3.27. The van der Waals surface area contributed by atoms with Gasteiger partial charge < -0.3 is 5.11 Å². The van der Waals surface area contributed by atoms with Gasteiger partial charge in [-0.15, -0.1) is 0 Å². The number of carboxylic acid groups (broad SMARTS) is 1. The quantitative estimate of drug-likeness (QED) is 0.850. The highest BCUT2D eigenvalue weighted by Crippen LogP contribution is 2.28. The number of anilines is 1. The smallest absolute Gasteiger partial charge is 0.354 e. The van der Waals surface area contributed by atoms with E-state index in [0.29, 0.717) is 11.1 Å². The molecule has 0 saturated carbocycles. The molecule has 6 heteroatoms. The van der Waals surface area contributed by atoms with E-state index in [1.807, 2.05) is 6.92 Å². The van der Waals surface area contributed by atoms with Crippen molar-refractivity contribution in [3.8, 4) is 0 Å². The summed E-state index contributed by atoms with van der Waals surface area (Å²) in [7, 11) is 0. The molecule has 2 aromatic rings. The van der Waals surface area contributed by atoms with Crippen molar-refractivity contribution in [1.29, 1.82) is 0 Å². The summed E-state index contributed by atoms with van der Waals surface area (Å²) in [6, 6.07) is 7.69. The van der Waals surface area contributed by atoms with Crippen molar-refractivity contribution in [2.24, 2.45) is 0 Å². The minimum atomic E-state index is -1.17. The van der Waals surface area contributed by atoms with Crippen LogP contribution in [0.2, 0.25) is 0 Å². The van der Waals surface area contributed by atoms with Gasteiger partial charge in [0.15, 0.2) is 0 Å². The molecule has 1 aliphatic rings. The third kappa shape index (κ3) is 1.97. The summed E-state index contributed by atoms with van der Waals surface area (Å²) in [5, 5.41) is 8.81. The number of aromatic carboxylic acids is 1. The molecule has 0 spiro atoms. The summed E-state index contributed by atoms with van der Waals surface area (Å²) in [6.07, 6.45) is 1.21. The molecule has 1 aromatic heterocycles. The van der Waals surface area contributed by atoms with Crippen LogP contribution >= 0.6 is 0 Å². The molecule has 0 radical (unpaired) electrons. The van der Waals surface area contributed by atoms with Gasteiger partial charge in [0.05, 0.1) is 23.0 Å². The Bertz CT molecular complexity index is 781. The van der Waals surface area contributed by atoms with Crippen LogP contribution in [0, 0.1) is 6.92 Å². The van der Waals surface area contributed by atoms with Crippen LogP contribution in [0.5, 0.6) is 0 Å². The van der Waals surface area contributed by atoms with E-state index in [-0.39, 0.29) is 11.4 Å². The van der Waals surface area contributed by atoms with Crippen LogP contribution in [0.4, 0.5) is 5.69 Å². The van der Waals surface area contributed by atoms with Crippen molar-refractivity contribution < 1.29 is 19.5 Å². The van der Waals surface area contributed by atoms with Crippen LogP contribution in [0.15, 0.2) is 36.5 Å². The van der Waals surface area contributed by atoms with Crippen molar-refractivity contribution >= 4 is 23.5 Å². The molecular weight excluding hydrogens is 272 g/mol. The minimum absolute atomic E-state index is 0.147. The zero-order chi connectivity index (χ0) is 15.1. The number of aromatic nitrogens is 1. The first-order valence-electron chi connectivity index (χ1n) is 6.18. The topological polar surface area (TPSA) is 87.6 Å². The number of carbonyl (C=O) groups is 3. The lowest BCUT2D eigenvalue weighted by Gasteiger charge is -2.13. The maximum absolute atomic E-state index is 12.3. The fourth-order valence-electron chi connectivity index (χ4n) is 2.23. The second-order valence-electron chi connectivity index (χ2n) is 4.70. The average molecular weight is 282 g/mol. The standard InChI is InChI=1S/C15H10N2O4/c1-8-2-4-10-11(6-8)14(19)17(13(10)18)9-3-5-12(15(20)21)16-7-9/h2-7H,1H3,(H,20,21). The van der Waals surface area contributed by atoms with Crippen LogP contribution in [-0.4, -0.2) is 27.9 Å². The molecule has 6 nitrogen and oxygen atoms in total. The largest absolute Gasteiger partial charge is 0.477 e. The van der Waals surface area contributed by atoms with Gasteiger partial charge in [-0.05, 0) is 31.2 Å². The van der Waals surface area contributed by atoms with Gasteiger partial charge in [-0.2, -0.15) is 0 Å². The number of rotatable bonds is 2. The van der Waals surface area contributed by atoms with Crippen molar-refractivity contribution in [3.63, 3.8) is 0 Å². The number of hydrogen-bond donors (Lipinski definition) is 1. The molecule has 0 bridgehead atoms. The van der Waals surface area contributed by atoms with Crippen LogP contribution in [0.25, 0.3) is 0 Å². The number of carbonyl (C=O) groups excluding carboxylic acids is 2. The Labute approximate surface area is 119 Å². The number of carboxylic acids is 1. The summed E-state index contributed by atoms with van der Waals surface area (Å²) >= 11 is 0. The first-order valence-corrected chi connectivity index (χ1v) is 6.18. The first-order chi connectivity index (χ1) is 9.99. The second-order valence-corrected chi connectivity index (χ2v) is 4.70. The number of imide groups is 1. The van der Waals surface area contributed by atoms with Gasteiger partial charge in [-0.25, -0.2) is 14.7 Å². The number of nitrogens with zero attached hydrogens (tertiary/aromatic N) is 2. The van der Waals surface area contributed by atoms with E-state index in [1.165, 1.54) is 18.3 Å². The minimum Gasteiger partial charge on any atom is -0.477 e. The Morgan fingerprint density at radius 3 is 2.43 bits per heavy atom. The number of pyridine rings is 1. The molecule has 1 aliphatic heterocycles. The van der Waals surface area contributed by atoms with Gasteiger partial charge in [-0.3, -0.25) is 9.59 Å². The molecule has 2 amide bonds. The van der Waals surface area contributed by atoms with Gasteiger partial charge in [0, 0.05) is 0 Å². The van der Waals surface area contributed by atoms with Gasteiger partial charge in [0.25, 0.3) is 11.8 Å². The highest BCUT2D eigenvalue weighted by Gasteiger charge is 2.36. The Morgan fingerprint density at radius 1 is 1.10 bits per heavy atom. The number of hydrogen-bond acceptors (Lipinski definition) is 4. The summed E-state index contributed by atoms with van der Waals surface area (Å²) < 4.78 is 0. The summed E-state index contributed by atoms with van der Waals surface area (Å²) in [6.45, 7) is 1.84. The lowest BCUT2D eigenvalue weighted by molar-refractivity contribution is 0.0690. The van der Waals surface area contributed by atoms with Crippen LogP contribution in [-0.2, 0) is 0 Å². The molecule has 3 rings (SSSR count). The van der Waals surface area contributed by atoms with E-state index in [4.69, 9.17) is 5.11 Å². The number of aryl methyl sites for hydroxylation is 1. The second kappa shape index (κ2) is 4.52. The van der Waals surface area contributed by atoms with Gasteiger partial charge >= 0.3 is 5.97 Å². The zero-order valence-corrected chi connectivity index (χ0v) is 11.0. The maximum atomic E-state index is 12.3. The fourth-order valence-corrected chi connectivity index (χ4v) is 2.23. The third-order valence-corrected chi connectivity index (χ3v) is 3.27. The first kappa shape index (κ1) is 13.0. The van der Waals surface area contributed by atoms with E-state index in [9.17, 15) is 14.4 Å². The molecular formula is C15H10N2O4. The molecule has 21 heavy (non-hydrogen) atoms. The monoisotopic (exact) mass is 282 g/mol. The predicted molar refractivity (Wildman–Crippen MR) is 73.5 cm³/mol. The van der Waals surface area contributed by atoms with E-state index in [0.717, 1.165) is 10.5 Å². The fraction of sp³-hybridized carbons (Fsp3) is 0.0667. The SMILES string of the molecule is Cc1ccc2c(c1)C(=O)N(c1ccc(C(=O)O)nc1)C2=O. The van der Waals surface area contributed by atoms with Gasteiger partial charge in [-0.1, -0.05) is 11.6 Å². The molecule has 1 N–H and O–H groups in total. The van der Waals surface area contributed by atoms with Crippen molar-refractivity contribution in [2.75, 3.05) is 4.90 Å². The molecule has 0 atom stereocenters. The summed E-state index contributed by atoms with van der Waals surface area (Å²) in [5.41, 5.74) is 1.68.